The highest BCUT2D eigenvalue weighted by molar-refractivity contribution is 7.89. The van der Waals surface area contributed by atoms with Crippen LogP contribution in [-0.2, 0) is 10.0 Å². The van der Waals surface area contributed by atoms with Crippen molar-refractivity contribution in [2.24, 2.45) is 0 Å². The molecule has 2 aromatic heterocycles. The summed E-state index contributed by atoms with van der Waals surface area (Å²) < 4.78 is 29.9. The van der Waals surface area contributed by atoms with Crippen molar-refractivity contribution in [2.45, 2.75) is 23.8 Å². The van der Waals surface area contributed by atoms with Gasteiger partial charge in [-0.2, -0.15) is 4.31 Å². The number of benzene rings is 2. The molecule has 7 nitrogen and oxygen atoms in total. The highest BCUT2D eigenvalue weighted by Crippen LogP contribution is 2.37. The lowest BCUT2D eigenvalue weighted by Gasteiger charge is -2.32. The molecule has 1 fully saturated rings. The number of carbonyl (C=O) groups excluding carboxylic acids is 1. The van der Waals surface area contributed by atoms with E-state index in [1.54, 1.807) is 18.3 Å². The standard InChI is InChI=1S/C24H19Cl3N4O3S/c25-16-4-6-19(21(27)12-16)23-29-22-2-1-9-28-24(22)31(23)17-7-10-30(11-8-17)35(33,34)18-5-3-15(14-32)20(26)13-18/h1-6,9,12-14,17H,7-8,10-11H2. The molecule has 0 atom stereocenters. The number of fused-ring (bicyclic) bond motifs is 1. The SMILES string of the molecule is O=Cc1ccc(S(=O)(=O)N2CCC(n3c(-c4ccc(Cl)cc4Cl)nc4cccnc43)CC2)cc1Cl. The lowest BCUT2D eigenvalue weighted by atomic mass is 10.1. The summed E-state index contributed by atoms with van der Waals surface area (Å²) >= 11 is 18.7. The van der Waals surface area contributed by atoms with E-state index in [1.165, 1.54) is 22.5 Å². The van der Waals surface area contributed by atoms with Crippen molar-refractivity contribution in [3.05, 3.63) is 75.4 Å². The van der Waals surface area contributed by atoms with Crippen LogP contribution in [0.1, 0.15) is 29.2 Å². The van der Waals surface area contributed by atoms with Crippen LogP contribution in [0.2, 0.25) is 15.1 Å². The Balaban J connectivity index is 1.46. The normalized spacial score (nSPS) is 15.5. The fraction of sp³-hybridized carbons (Fsp3) is 0.208. The largest absolute Gasteiger partial charge is 0.305 e. The van der Waals surface area contributed by atoms with Crippen LogP contribution in [0.5, 0.6) is 0 Å². The number of pyridine rings is 1. The Morgan fingerprint density at radius 1 is 0.971 bits per heavy atom. The molecule has 0 unspecified atom stereocenters. The number of carbonyl (C=O) groups is 1. The van der Waals surface area contributed by atoms with Gasteiger partial charge in [0.2, 0.25) is 10.0 Å². The van der Waals surface area contributed by atoms with E-state index in [4.69, 9.17) is 39.8 Å². The predicted octanol–water partition coefficient (Wildman–Crippen LogP) is 5.90. The molecule has 0 N–H and O–H groups in total. The Bertz CT molecular complexity index is 1550. The number of hydrogen-bond donors (Lipinski definition) is 0. The maximum absolute atomic E-state index is 13.2. The van der Waals surface area contributed by atoms with Crippen molar-refractivity contribution in [1.29, 1.82) is 0 Å². The summed E-state index contributed by atoms with van der Waals surface area (Å²) in [4.78, 5) is 20.4. The number of aldehydes is 1. The van der Waals surface area contributed by atoms with Gasteiger partial charge in [-0.15, -0.1) is 0 Å². The van der Waals surface area contributed by atoms with Gasteiger partial charge in [-0.25, -0.2) is 18.4 Å². The molecule has 1 aliphatic rings. The second kappa shape index (κ2) is 9.52. The molecule has 11 heteroatoms. The monoisotopic (exact) mass is 548 g/mol. The minimum atomic E-state index is -3.76. The molecule has 35 heavy (non-hydrogen) atoms. The molecule has 0 saturated carbocycles. The maximum atomic E-state index is 13.2. The summed E-state index contributed by atoms with van der Waals surface area (Å²) in [5.41, 5.74) is 2.42. The van der Waals surface area contributed by atoms with Crippen LogP contribution >= 0.6 is 34.8 Å². The first-order valence-corrected chi connectivity index (χ1v) is 13.4. The molecule has 0 bridgehead atoms. The number of hydrogen-bond acceptors (Lipinski definition) is 5. The van der Waals surface area contributed by atoms with Gasteiger partial charge in [0.1, 0.15) is 11.3 Å². The molecule has 3 heterocycles. The first-order valence-electron chi connectivity index (χ1n) is 10.8. The van der Waals surface area contributed by atoms with Crippen molar-refractivity contribution in [2.75, 3.05) is 13.1 Å². The second-order valence-corrected chi connectivity index (χ2v) is 11.4. The van der Waals surface area contributed by atoms with Gasteiger partial charge < -0.3 is 4.57 Å². The molecule has 5 rings (SSSR count). The van der Waals surface area contributed by atoms with E-state index in [9.17, 15) is 13.2 Å². The molecule has 0 amide bonds. The number of imidazole rings is 1. The number of aromatic nitrogens is 3. The van der Waals surface area contributed by atoms with E-state index in [-0.39, 0.29) is 21.5 Å². The van der Waals surface area contributed by atoms with Crippen molar-refractivity contribution in [1.82, 2.24) is 18.8 Å². The third-order valence-electron chi connectivity index (χ3n) is 6.15. The van der Waals surface area contributed by atoms with E-state index in [1.807, 2.05) is 22.8 Å². The molecule has 2 aromatic carbocycles. The number of piperidine rings is 1. The summed E-state index contributed by atoms with van der Waals surface area (Å²) in [6, 6.07) is 13.1. The molecule has 0 spiro atoms. The fourth-order valence-electron chi connectivity index (χ4n) is 4.39. The first-order chi connectivity index (χ1) is 16.8. The van der Waals surface area contributed by atoms with Gasteiger partial charge >= 0.3 is 0 Å². The van der Waals surface area contributed by atoms with Gasteiger partial charge in [-0.1, -0.05) is 34.8 Å². The van der Waals surface area contributed by atoms with Crippen LogP contribution in [0, 0.1) is 0 Å². The summed E-state index contributed by atoms with van der Waals surface area (Å²) in [7, 11) is -3.76. The zero-order chi connectivity index (χ0) is 24.7. The van der Waals surface area contributed by atoms with Crippen molar-refractivity contribution < 1.29 is 13.2 Å². The Labute approximate surface area is 217 Å². The van der Waals surface area contributed by atoms with Crippen LogP contribution in [0.4, 0.5) is 0 Å². The Morgan fingerprint density at radius 2 is 1.74 bits per heavy atom. The van der Waals surface area contributed by atoms with Gasteiger partial charge in [-0.3, -0.25) is 4.79 Å². The van der Waals surface area contributed by atoms with E-state index < -0.39 is 10.0 Å². The van der Waals surface area contributed by atoms with Gasteiger partial charge in [0.25, 0.3) is 0 Å². The average Bonchev–Trinajstić information content (AvgIpc) is 3.23. The summed E-state index contributed by atoms with van der Waals surface area (Å²) in [5, 5.41) is 1.11. The molecule has 1 aliphatic heterocycles. The van der Waals surface area contributed by atoms with Crippen LogP contribution < -0.4 is 0 Å². The van der Waals surface area contributed by atoms with Crippen LogP contribution in [-0.4, -0.2) is 46.6 Å². The summed E-state index contributed by atoms with van der Waals surface area (Å²) in [6.07, 6.45) is 3.41. The fourth-order valence-corrected chi connectivity index (χ4v) is 6.67. The lowest BCUT2D eigenvalue weighted by Crippen LogP contribution is -2.39. The molecule has 4 aromatic rings. The molecule has 0 aliphatic carbocycles. The zero-order valence-electron chi connectivity index (χ0n) is 18.2. The topological polar surface area (TPSA) is 85.2 Å². The van der Waals surface area contributed by atoms with Crippen LogP contribution in [0.15, 0.2) is 59.6 Å². The van der Waals surface area contributed by atoms with E-state index in [0.717, 1.165) is 11.1 Å². The number of halogens is 3. The smallest absolute Gasteiger partial charge is 0.243 e. The predicted molar refractivity (Wildman–Crippen MR) is 137 cm³/mol. The van der Waals surface area contributed by atoms with Crippen molar-refractivity contribution in [3.8, 4) is 11.4 Å². The quantitative estimate of drug-likeness (QED) is 0.290. The highest BCUT2D eigenvalue weighted by Gasteiger charge is 2.32. The minimum absolute atomic E-state index is 0.0379. The highest BCUT2D eigenvalue weighted by atomic mass is 35.5. The maximum Gasteiger partial charge on any atom is 0.243 e. The van der Waals surface area contributed by atoms with Gasteiger partial charge in [-0.05, 0) is 61.4 Å². The zero-order valence-corrected chi connectivity index (χ0v) is 21.3. The van der Waals surface area contributed by atoms with Gasteiger partial charge in [0, 0.05) is 41.5 Å². The van der Waals surface area contributed by atoms with Crippen LogP contribution in [0.3, 0.4) is 0 Å². The minimum Gasteiger partial charge on any atom is -0.305 e. The molecule has 180 valence electrons. The average molecular weight is 550 g/mol. The summed E-state index contributed by atoms with van der Waals surface area (Å²) in [5.74, 6) is 0.665. The second-order valence-electron chi connectivity index (χ2n) is 8.21. The Kier molecular flexibility index (Phi) is 6.59. The third-order valence-corrected chi connectivity index (χ3v) is 8.92. The molecule has 0 radical (unpaired) electrons. The van der Waals surface area contributed by atoms with Gasteiger partial charge in [0.15, 0.2) is 11.9 Å². The van der Waals surface area contributed by atoms with E-state index in [0.29, 0.717) is 53.7 Å². The van der Waals surface area contributed by atoms with Crippen molar-refractivity contribution in [3.63, 3.8) is 0 Å². The first kappa shape index (κ1) is 24.2. The summed E-state index contributed by atoms with van der Waals surface area (Å²) in [6.45, 7) is 0.612. The number of sulfonamides is 1. The lowest BCUT2D eigenvalue weighted by molar-refractivity contribution is 0.112. The van der Waals surface area contributed by atoms with Crippen LogP contribution in [0.25, 0.3) is 22.6 Å². The van der Waals surface area contributed by atoms with Crippen molar-refractivity contribution >= 4 is 62.3 Å². The van der Waals surface area contributed by atoms with E-state index >= 15 is 0 Å². The Morgan fingerprint density at radius 3 is 2.43 bits per heavy atom. The van der Waals surface area contributed by atoms with E-state index in [2.05, 4.69) is 4.98 Å². The third kappa shape index (κ3) is 4.45. The number of nitrogens with zero attached hydrogens (tertiary/aromatic N) is 4. The van der Waals surface area contributed by atoms with Gasteiger partial charge in [0.05, 0.1) is 14.9 Å². The molecular weight excluding hydrogens is 531 g/mol. The number of rotatable bonds is 5. The molecule has 1 saturated heterocycles. The molecular formula is C24H19Cl3N4O3S. The Hall–Kier alpha value is -2.49.